The van der Waals surface area contributed by atoms with Crippen molar-refractivity contribution in [3.63, 3.8) is 0 Å². The van der Waals surface area contributed by atoms with Crippen LogP contribution in [0.15, 0.2) is 24.3 Å². The van der Waals surface area contributed by atoms with Gasteiger partial charge in [-0.15, -0.1) is 5.10 Å². The molecule has 0 atom stereocenters. The van der Waals surface area contributed by atoms with Crippen molar-refractivity contribution in [2.45, 2.75) is 6.54 Å². The number of aliphatic hydroxyl groups excluding tert-OH is 1. The summed E-state index contributed by atoms with van der Waals surface area (Å²) in [5, 5.41) is 19.6. The van der Waals surface area contributed by atoms with Gasteiger partial charge in [-0.3, -0.25) is 0 Å². The number of halogens is 1. The SMILES string of the molecule is OCCn1nnnc1-c1ccccc1F. The quantitative estimate of drug-likeness (QED) is 0.796. The van der Waals surface area contributed by atoms with E-state index in [-0.39, 0.29) is 19.0 Å². The molecule has 0 aliphatic rings. The highest BCUT2D eigenvalue weighted by Crippen LogP contribution is 2.18. The van der Waals surface area contributed by atoms with Gasteiger partial charge < -0.3 is 5.11 Å². The molecule has 15 heavy (non-hydrogen) atoms. The summed E-state index contributed by atoms with van der Waals surface area (Å²) in [6.07, 6.45) is 0. The first-order chi connectivity index (χ1) is 7.33. The number of tetrazole rings is 1. The highest BCUT2D eigenvalue weighted by Gasteiger charge is 2.11. The molecule has 0 amide bonds. The van der Waals surface area contributed by atoms with Crippen LogP contribution in [0.5, 0.6) is 0 Å². The van der Waals surface area contributed by atoms with E-state index in [4.69, 9.17) is 5.11 Å². The van der Waals surface area contributed by atoms with Gasteiger partial charge in [-0.05, 0) is 22.6 Å². The van der Waals surface area contributed by atoms with E-state index in [2.05, 4.69) is 15.5 Å². The van der Waals surface area contributed by atoms with Gasteiger partial charge in [-0.2, -0.15) is 0 Å². The van der Waals surface area contributed by atoms with Gasteiger partial charge in [0.2, 0.25) is 0 Å². The summed E-state index contributed by atoms with van der Waals surface area (Å²) in [7, 11) is 0. The molecule has 78 valence electrons. The normalized spacial score (nSPS) is 10.5. The zero-order valence-corrected chi connectivity index (χ0v) is 7.84. The minimum atomic E-state index is -0.383. The van der Waals surface area contributed by atoms with E-state index in [0.29, 0.717) is 11.4 Å². The van der Waals surface area contributed by atoms with Crippen molar-refractivity contribution < 1.29 is 9.50 Å². The summed E-state index contributed by atoms with van der Waals surface area (Å²) in [4.78, 5) is 0. The molecule has 0 saturated heterocycles. The first-order valence-electron chi connectivity index (χ1n) is 4.45. The fraction of sp³-hybridized carbons (Fsp3) is 0.222. The third kappa shape index (κ3) is 1.84. The molecule has 2 aromatic rings. The Hall–Kier alpha value is -1.82. The third-order valence-corrected chi connectivity index (χ3v) is 1.96. The van der Waals surface area contributed by atoms with Crippen LogP contribution in [0.4, 0.5) is 4.39 Å². The average molecular weight is 208 g/mol. The van der Waals surface area contributed by atoms with Gasteiger partial charge in [0, 0.05) is 0 Å². The van der Waals surface area contributed by atoms with Gasteiger partial charge in [0.15, 0.2) is 5.82 Å². The number of nitrogens with zero attached hydrogens (tertiary/aromatic N) is 4. The summed E-state index contributed by atoms with van der Waals surface area (Å²) in [5.74, 6) is -0.0614. The van der Waals surface area contributed by atoms with Gasteiger partial charge >= 0.3 is 0 Å². The van der Waals surface area contributed by atoms with E-state index in [1.165, 1.54) is 10.7 Å². The smallest absolute Gasteiger partial charge is 0.185 e. The Kier molecular flexibility index (Phi) is 2.68. The van der Waals surface area contributed by atoms with Gasteiger partial charge in [-0.1, -0.05) is 12.1 Å². The third-order valence-electron chi connectivity index (χ3n) is 1.96. The first kappa shape index (κ1) is 9.72. The van der Waals surface area contributed by atoms with Crippen LogP contribution in [0, 0.1) is 5.82 Å². The van der Waals surface area contributed by atoms with Gasteiger partial charge in [-0.25, -0.2) is 9.07 Å². The fourth-order valence-electron chi connectivity index (χ4n) is 1.29. The molecule has 0 bridgehead atoms. The number of aliphatic hydroxyl groups is 1. The predicted octanol–water partition coefficient (Wildman–Crippen LogP) is 0.471. The van der Waals surface area contributed by atoms with Crippen LogP contribution >= 0.6 is 0 Å². The monoisotopic (exact) mass is 208 g/mol. The molecule has 1 aromatic carbocycles. The van der Waals surface area contributed by atoms with E-state index in [1.54, 1.807) is 18.2 Å². The molecule has 1 heterocycles. The largest absolute Gasteiger partial charge is 0.394 e. The molecule has 2 rings (SSSR count). The number of hydrogen-bond acceptors (Lipinski definition) is 4. The lowest BCUT2D eigenvalue weighted by Crippen LogP contribution is -2.06. The van der Waals surface area contributed by atoms with Crippen molar-refractivity contribution in [3.8, 4) is 11.4 Å². The van der Waals surface area contributed by atoms with Crippen LogP contribution in [0.2, 0.25) is 0 Å². The minimum absolute atomic E-state index is 0.0908. The number of rotatable bonds is 3. The van der Waals surface area contributed by atoms with Gasteiger partial charge in [0.05, 0.1) is 18.7 Å². The van der Waals surface area contributed by atoms with Crippen LogP contribution in [0.25, 0.3) is 11.4 Å². The minimum Gasteiger partial charge on any atom is -0.394 e. The van der Waals surface area contributed by atoms with Crippen molar-refractivity contribution in [1.82, 2.24) is 20.2 Å². The Morgan fingerprint density at radius 2 is 2.13 bits per heavy atom. The fourth-order valence-corrected chi connectivity index (χ4v) is 1.29. The molecule has 0 spiro atoms. The maximum absolute atomic E-state index is 13.4. The molecule has 0 unspecified atom stereocenters. The predicted molar refractivity (Wildman–Crippen MR) is 50.3 cm³/mol. The molecule has 5 nitrogen and oxygen atoms in total. The Balaban J connectivity index is 2.45. The lowest BCUT2D eigenvalue weighted by molar-refractivity contribution is 0.268. The molecule has 0 aliphatic carbocycles. The van der Waals surface area contributed by atoms with Crippen molar-refractivity contribution in [2.24, 2.45) is 0 Å². The highest BCUT2D eigenvalue weighted by atomic mass is 19.1. The van der Waals surface area contributed by atoms with Crippen LogP contribution in [0.3, 0.4) is 0 Å². The Bertz CT molecular complexity index is 457. The molecular formula is C9H9FN4O. The van der Waals surface area contributed by atoms with Crippen LogP contribution < -0.4 is 0 Å². The molecule has 0 saturated carbocycles. The summed E-state index contributed by atoms with van der Waals surface area (Å²) in [6, 6.07) is 6.23. The maximum atomic E-state index is 13.4. The van der Waals surface area contributed by atoms with Crippen LogP contribution in [-0.4, -0.2) is 31.9 Å². The highest BCUT2D eigenvalue weighted by molar-refractivity contribution is 5.55. The number of benzene rings is 1. The summed E-state index contributed by atoms with van der Waals surface area (Å²) >= 11 is 0. The lowest BCUT2D eigenvalue weighted by Gasteiger charge is -2.02. The second kappa shape index (κ2) is 4.14. The second-order valence-corrected chi connectivity index (χ2v) is 2.93. The second-order valence-electron chi connectivity index (χ2n) is 2.93. The van der Waals surface area contributed by atoms with E-state index in [9.17, 15) is 4.39 Å². The standard InChI is InChI=1S/C9H9FN4O/c10-8-4-2-1-3-7(8)9-11-12-13-14(9)5-6-15/h1-4,15H,5-6H2. The number of aromatic nitrogens is 4. The lowest BCUT2D eigenvalue weighted by atomic mass is 10.2. The summed E-state index contributed by atoms with van der Waals surface area (Å²) in [6.45, 7) is 0.156. The zero-order valence-electron chi connectivity index (χ0n) is 7.84. The van der Waals surface area contributed by atoms with Crippen molar-refractivity contribution in [1.29, 1.82) is 0 Å². The Labute approximate surface area is 85.2 Å². The number of hydrogen-bond donors (Lipinski definition) is 1. The van der Waals surface area contributed by atoms with Gasteiger partial charge in [0.1, 0.15) is 5.82 Å². The van der Waals surface area contributed by atoms with E-state index in [1.807, 2.05) is 0 Å². The van der Waals surface area contributed by atoms with E-state index < -0.39 is 0 Å². The molecular weight excluding hydrogens is 199 g/mol. The van der Waals surface area contributed by atoms with E-state index in [0.717, 1.165) is 0 Å². The van der Waals surface area contributed by atoms with Crippen LogP contribution in [-0.2, 0) is 6.54 Å². The van der Waals surface area contributed by atoms with Crippen molar-refractivity contribution in [2.75, 3.05) is 6.61 Å². The maximum Gasteiger partial charge on any atom is 0.185 e. The Morgan fingerprint density at radius 3 is 2.87 bits per heavy atom. The van der Waals surface area contributed by atoms with E-state index >= 15 is 0 Å². The van der Waals surface area contributed by atoms with Crippen molar-refractivity contribution in [3.05, 3.63) is 30.1 Å². The van der Waals surface area contributed by atoms with Crippen molar-refractivity contribution >= 4 is 0 Å². The first-order valence-corrected chi connectivity index (χ1v) is 4.45. The van der Waals surface area contributed by atoms with Crippen LogP contribution in [0.1, 0.15) is 0 Å². The molecule has 6 heteroatoms. The summed E-state index contributed by atoms with van der Waals surface area (Å²) in [5.41, 5.74) is 0.330. The average Bonchev–Trinajstić information content (AvgIpc) is 2.67. The molecule has 1 N–H and O–H groups in total. The molecule has 1 aromatic heterocycles. The Morgan fingerprint density at radius 1 is 1.33 bits per heavy atom. The molecule has 0 fully saturated rings. The molecule has 0 radical (unpaired) electrons. The molecule has 0 aliphatic heterocycles. The topological polar surface area (TPSA) is 63.8 Å². The summed E-state index contributed by atoms with van der Waals surface area (Å²) < 4.78 is 14.8. The zero-order chi connectivity index (χ0) is 10.7. The van der Waals surface area contributed by atoms with Gasteiger partial charge in [0.25, 0.3) is 0 Å².